The fraction of sp³-hybridized carbons (Fsp3) is 0.138. The van der Waals surface area contributed by atoms with Crippen LogP contribution in [0.5, 0.6) is 0 Å². The standard InChI is InChI=1S/C29H22N2O/c1-30-27(32)31(2)29(25-17-9-5-13-21(25)22-14-6-10-18-26(22)29)28(30)23-15-7-3-11-19(23)20-12-4-8-16-24(20)28/h3-18H,1-2H3. The number of fused-ring (bicyclic) bond motifs is 11. The largest absolute Gasteiger partial charge is 0.321 e. The molecule has 0 N–H and O–H groups in total. The zero-order valence-electron chi connectivity index (χ0n) is 18.0. The highest BCUT2D eigenvalue weighted by Gasteiger charge is 2.72. The van der Waals surface area contributed by atoms with Gasteiger partial charge in [0.25, 0.3) is 0 Å². The van der Waals surface area contributed by atoms with Crippen molar-refractivity contribution in [2.24, 2.45) is 0 Å². The highest BCUT2D eigenvalue weighted by molar-refractivity contribution is 5.95. The summed E-state index contributed by atoms with van der Waals surface area (Å²) in [5, 5.41) is 0. The van der Waals surface area contributed by atoms with E-state index in [2.05, 4.69) is 97.1 Å². The van der Waals surface area contributed by atoms with Crippen molar-refractivity contribution in [1.82, 2.24) is 9.80 Å². The molecule has 154 valence electrons. The Morgan fingerprint density at radius 2 is 0.719 bits per heavy atom. The van der Waals surface area contributed by atoms with Crippen LogP contribution in [0.3, 0.4) is 0 Å². The molecule has 7 rings (SSSR count). The first-order chi connectivity index (χ1) is 15.6. The summed E-state index contributed by atoms with van der Waals surface area (Å²) in [7, 11) is 3.94. The molecule has 2 spiro atoms. The Morgan fingerprint density at radius 1 is 0.469 bits per heavy atom. The van der Waals surface area contributed by atoms with Gasteiger partial charge in [0, 0.05) is 14.1 Å². The summed E-state index contributed by atoms with van der Waals surface area (Å²) < 4.78 is 0. The molecule has 0 saturated carbocycles. The molecule has 3 nitrogen and oxygen atoms in total. The smallest absolute Gasteiger partial charge is 0.311 e. The minimum absolute atomic E-state index is 0.0306. The van der Waals surface area contributed by atoms with Crippen LogP contribution in [0.15, 0.2) is 97.1 Å². The third-order valence-corrected chi connectivity index (χ3v) is 7.95. The van der Waals surface area contributed by atoms with Gasteiger partial charge in [-0.1, -0.05) is 97.1 Å². The highest BCUT2D eigenvalue weighted by Crippen LogP contribution is 2.69. The van der Waals surface area contributed by atoms with Crippen molar-refractivity contribution in [2.45, 2.75) is 11.1 Å². The molecular weight excluding hydrogens is 392 g/mol. The number of urea groups is 1. The molecule has 3 heteroatoms. The monoisotopic (exact) mass is 414 g/mol. The van der Waals surface area contributed by atoms with Crippen molar-refractivity contribution in [1.29, 1.82) is 0 Å². The van der Waals surface area contributed by atoms with Crippen molar-refractivity contribution in [2.75, 3.05) is 14.1 Å². The molecular formula is C29H22N2O. The lowest BCUT2D eigenvalue weighted by Gasteiger charge is -2.47. The van der Waals surface area contributed by atoms with E-state index in [0.717, 1.165) is 0 Å². The molecule has 1 fully saturated rings. The first-order valence-corrected chi connectivity index (χ1v) is 11.1. The summed E-state index contributed by atoms with van der Waals surface area (Å²) in [5.41, 5.74) is 8.24. The number of nitrogens with zero attached hydrogens (tertiary/aromatic N) is 2. The zero-order chi connectivity index (χ0) is 21.7. The van der Waals surface area contributed by atoms with Crippen LogP contribution in [0, 0.1) is 0 Å². The molecule has 1 saturated heterocycles. The minimum atomic E-state index is -0.672. The SMILES string of the molecule is CN1C(=O)N(C)C2(c3ccccc3-c3ccccc32)C12c1ccccc1-c1ccccc12. The van der Waals surface area contributed by atoms with E-state index in [4.69, 9.17) is 0 Å². The van der Waals surface area contributed by atoms with E-state index < -0.39 is 11.1 Å². The quantitative estimate of drug-likeness (QED) is 0.355. The molecule has 0 aromatic heterocycles. The number of likely N-dealkylation sites (N-methyl/N-ethyl adjacent to an activating group) is 2. The second-order valence-electron chi connectivity index (χ2n) is 9.00. The maximum absolute atomic E-state index is 13.9. The third kappa shape index (κ3) is 1.62. The van der Waals surface area contributed by atoms with Gasteiger partial charge in [0.2, 0.25) is 0 Å². The lowest BCUT2D eigenvalue weighted by atomic mass is 9.65. The molecule has 0 atom stereocenters. The molecule has 2 amide bonds. The Kier molecular flexibility index (Phi) is 3.16. The van der Waals surface area contributed by atoms with Gasteiger partial charge in [0.15, 0.2) is 0 Å². The van der Waals surface area contributed by atoms with Gasteiger partial charge in [0.1, 0.15) is 11.1 Å². The van der Waals surface area contributed by atoms with E-state index in [1.807, 2.05) is 23.9 Å². The fourth-order valence-electron chi connectivity index (χ4n) is 6.92. The van der Waals surface area contributed by atoms with Gasteiger partial charge < -0.3 is 9.80 Å². The van der Waals surface area contributed by atoms with Gasteiger partial charge in [-0.15, -0.1) is 0 Å². The number of amides is 2. The van der Waals surface area contributed by atoms with Crippen LogP contribution in [0.1, 0.15) is 22.3 Å². The van der Waals surface area contributed by atoms with Crippen LogP contribution in [-0.2, 0) is 11.1 Å². The van der Waals surface area contributed by atoms with Crippen LogP contribution >= 0.6 is 0 Å². The van der Waals surface area contributed by atoms with E-state index in [0.29, 0.717) is 0 Å². The first kappa shape index (κ1) is 17.8. The summed E-state index contributed by atoms with van der Waals surface area (Å²) >= 11 is 0. The van der Waals surface area contributed by atoms with Crippen molar-refractivity contribution in [3.63, 3.8) is 0 Å². The van der Waals surface area contributed by atoms with E-state index in [9.17, 15) is 4.79 Å². The maximum Gasteiger partial charge on any atom is 0.321 e. The van der Waals surface area contributed by atoms with Crippen molar-refractivity contribution < 1.29 is 4.79 Å². The zero-order valence-corrected chi connectivity index (χ0v) is 18.0. The van der Waals surface area contributed by atoms with Crippen molar-refractivity contribution in [3.8, 4) is 22.3 Å². The lowest BCUT2D eigenvalue weighted by Crippen LogP contribution is -2.55. The second-order valence-corrected chi connectivity index (χ2v) is 9.00. The van der Waals surface area contributed by atoms with Crippen LogP contribution in [0.25, 0.3) is 22.3 Å². The number of carbonyl (C=O) groups is 1. The summed E-state index contributed by atoms with van der Waals surface area (Å²) in [6.07, 6.45) is 0. The third-order valence-electron chi connectivity index (χ3n) is 7.95. The predicted octanol–water partition coefficient (Wildman–Crippen LogP) is 5.83. The Hall–Kier alpha value is -3.85. The summed E-state index contributed by atoms with van der Waals surface area (Å²) in [6, 6.07) is 34.4. The van der Waals surface area contributed by atoms with Crippen LogP contribution in [-0.4, -0.2) is 29.9 Å². The number of benzene rings is 4. The number of hydrogen-bond donors (Lipinski definition) is 0. The van der Waals surface area contributed by atoms with Crippen LogP contribution < -0.4 is 0 Å². The molecule has 0 bridgehead atoms. The average molecular weight is 415 g/mol. The van der Waals surface area contributed by atoms with E-state index in [-0.39, 0.29) is 6.03 Å². The topological polar surface area (TPSA) is 23.6 Å². The van der Waals surface area contributed by atoms with Gasteiger partial charge in [-0.05, 0) is 44.5 Å². The van der Waals surface area contributed by atoms with E-state index >= 15 is 0 Å². The molecule has 3 aliphatic rings. The second kappa shape index (κ2) is 5.68. The summed E-state index contributed by atoms with van der Waals surface area (Å²) in [6.45, 7) is 0. The predicted molar refractivity (Wildman–Crippen MR) is 126 cm³/mol. The van der Waals surface area contributed by atoms with Crippen molar-refractivity contribution in [3.05, 3.63) is 119 Å². The average Bonchev–Trinajstić information content (AvgIpc) is 3.38. The normalized spacial score (nSPS) is 18.1. The van der Waals surface area contributed by atoms with Gasteiger partial charge in [-0.3, -0.25) is 0 Å². The summed E-state index contributed by atoms with van der Waals surface area (Å²) in [5.74, 6) is 0. The molecule has 1 aliphatic heterocycles. The van der Waals surface area contributed by atoms with E-state index in [1.165, 1.54) is 44.5 Å². The Morgan fingerprint density at radius 3 is 1.00 bits per heavy atom. The van der Waals surface area contributed by atoms with Crippen molar-refractivity contribution >= 4 is 6.03 Å². The Balaban J connectivity index is 1.75. The Bertz CT molecular complexity index is 1250. The van der Waals surface area contributed by atoms with E-state index in [1.54, 1.807) is 0 Å². The molecule has 4 aromatic rings. The van der Waals surface area contributed by atoms with Crippen LogP contribution in [0.2, 0.25) is 0 Å². The molecule has 0 radical (unpaired) electrons. The van der Waals surface area contributed by atoms with Crippen LogP contribution in [0.4, 0.5) is 4.79 Å². The minimum Gasteiger partial charge on any atom is -0.311 e. The number of rotatable bonds is 0. The summed E-state index contributed by atoms with van der Waals surface area (Å²) in [4.78, 5) is 17.9. The van der Waals surface area contributed by atoms with Gasteiger partial charge in [-0.25, -0.2) is 4.79 Å². The molecule has 2 aliphatic carbocycles. The number of carbonyl (C=O) groups excluding carboxylic acids is 1. The lowest BCUT2D eigenvalue weighted by molar-refractivity contribution is 0.146. The first-order valence-electron chi connectivity index (χ1n) is 11.1. The molecule has 0 unspecified atom stereocenters. The molecule has 4 aromatic carbocycles. The Labute approximate surface area is 187 Å². The fourth-order valence-corrected chi connectivity index (χ4v) is 6.92. The van der Waals surface area contributed by atoms with Gasteiger partial charge in [0.05, 0.1) is 0 Å². The highest BCUT2D eigenvalue weighted by atomic mass is 16.2. The number of hydrogen-bond acceptors (Lipinski definition) is 1. The van der Waals surface area contributed by atoms with Gasteiger partial charge in [-0.2, -0.15) is 0 Å². The molecule has 32 heavy (non-hydrogen) atoms. The van der Waals surface area contributed by atoms with Gasteiger partial charge >= 0.3 is 6.03 Å². The maximum atomic E-state index is 13.9. The molecule has 1 heterocycles.